The molecule has 1 heterocycles. The average molecular weight is 309 g/mol. The number of unbranched alkanes of at least 4 members (excludes halogenated alkanes) is 14. The molecule has 0 amide bonds. The quantitative estimate of drug-likeness (QED) is 0.404. The number of H-pyrrole nitrogens is 1. The predicted molar refractivity (Wildman–Crippen MR) is 92.8 cm³/mol. The fraction of sp³-hybridized carbons (Fsp3) is 0.944. The summed E-state index contributed by atoms with van der Waals surface area (Å²) in [6.07, 6.45) is 22.0. The first-order valence-corrected chi connectivity index (χ1v) is 9.66. The van der Waals surface area contributed by atoms with Gasteiger partial charge in [-0.2, -0.15) is 5.21 Å². The topological polar surface area (TPSA) is 54.5 Å². The summed E-state index contributed by atoms with van der Waals surface area (Å²) in [5.41, 5.74) is 0. The van der Waals surface area contributed by atoms with Crippen LogP contribution in [0.4, 0.5) is 0 Å². The lowest BCUT2D eigenvalue weighted by atomic mass is 10.0. The van der Waals surface area contributed by atoms with Gasteiger partial charge in [0.05, 0.1) is 0 Å². The summed E-state index contributed by atoms with van der Waals surface area (Å²) in [6.45, 7) is 2.29. The Bertz CT molecular complexity index is 311. The lowest BCUT2D eigenvalue weighted by molar-refractivity contribution is 0.531. The highest BCUT2D eigenvalue weighted by Gasteiger charge is 1.98. The number of hydrogen-bond acceptors (Lipinski definition) is 3. The van der Waals surface area contributed by atoms with Gasteiger partial charge in [-0.1, -0.05) is 102 Å². The molecule has 0 aliphatic carbocycles. The Morgan fingerprint density at radius 3 is 1.50 bits per heavy atom. The van der Waals surface area contributed by atoms with Crippen molar-refractivity contribution in [1.29, 1.82) is 0 Å². The molecule has 4 nitrogen and oxygen atoms in total. The summed E-state index contributed by atoms with van der Waals surface area (Å²) < 4.78 is 0. The van der Waals surface area contributed by atoms with Crippen LogP contribution in [0.5, 0.6) is 0 Å². The maximum Gasteiger partial charge on any atom is 0.174 e. The number of aromatic amines is 1. The van der Waals surface area contributed by atoms with Crippen LogP contribution < -0.4 is 0 Å². The normalized spacial score (nSPS) is 11.1. The molecule has 4 heteroatoms. The van der Waals surface area contributed by atoms with Crippen LogP contribution in [0.15, 0.2) is 0 Å². The molecule has 0 aromatic carbocycles. The van der Waals surface area contributed by atoms with Gasteiger partial charge in [0.15, 0.2) is 5.82 Å². The lowest BCUT2D eigenvalue weighted by Gasteiger charge is -2.03. The summed E-state index contributed by atoms with van der Waals surface area (Å²) in [6, 6.07) is 0. The first-order valence-electron chi connectivity index (χ1n) is 9.66. The minimum absolute atomic E-state index is 0.856. The Morgan fingerprint density at radius 1 is 0.636 bits per heavy atom. The molecule has 0 spiro atoms. The van der Waals surface area contributed by atoms with E-state index in [1.807, 2.05) is 0 Å². The largest absolute Gasteiger partial charge is 0.177 e. The molecule has 0 atom stereocenters. The third-order valence-corrected chi connectivity index (χ3v) is 4.39. The Kier molecular flexibility index (Phi) is 13.0. The SMILES string of the molecule is CCCCCCCCCCCCCCCCCc1nn[nH]n1. The van der Waals surface area contributed by atoms with Crippen LogP contribution in [0.3, 0.4) is 0 Å². The van der Waals surface area contributed by atoms with E-state index in [2.05, 4.69) is 27.5 Å². The molecule has 128 valence electrons. The van der Waals surface area contributed by atoms with Gasteiger partial charge in [0.25, 0.3) is 0 Å². The van der Waals surface area contributed by atoms with Crippen LogP contribution in [0.25, 0.3) is 0 Å². The molecule has 1 N–H and O–H groups in total. The summed E-state index contributed by atoms with van der Waals surface area (Å²) in [7, 11) is 0. The molecule has 0 aliphatic rings. The molecule has 0 aliphatic heterocycles. The van der Waals surface area contributed by atoms with Gasteiger partial charge in [-0.05, 0) is 6.42 Å². The molecule has 1 aromatic heterocycles. The van der Waals surface area contributed by atoms with E-state index in [0.717, 1.165) is 12.2 Å². The number of tetrazole rings is 1. The molecule has 0 saturated carbocycles. The van der Waals surface area contributed by atoms with E-state index in [9.17, 15) is 0 Å². The summed E-state index contributed by atoms with van der Waals surface area (Å²) in [5, 5.41) is 14.0. The second kappa shape index (κ2) is 15.0. The molecule has 22 heavy (non-hydrogen) atoms. The number of hydrogen-bond donors (Lipinski definition) is 1. The van der Waals surface area contributed by atoms with Gasteiger partial charge < -0.3 is 0 Å². The van der Waals surface area contributed by atoms with E-state index in [4.69, 9.17) is 0 Å². The van der Waals surface area contributed by atoms with Crippen LogP contribution in [0.2, 0.25) is 0 Å². The third-order valence-electron chi connectivity index (χ3n) is 4.39. The van der Waals surface area contributed by atoms with Crippen LogP contribution in [-0.2, 0) is 6.42 Å². The Hall–Kier alpha value is -0.930. The number of rotatable bonds is 16. The maximum absolute atomic E-state index is 3.97. The zero-order chi connectivity index (χ0) is 15.7. The van der Waals surface area contributed by atoms with Crippen molar-refractivity contribution >= 4 is 0 Å². The second-order valence-electron chi connectivity index (χ2n) is 6.53. The zero-order valence-corrected chi connectivity index (χ0v) is 14.7. The van der Waals surface area contributed by atoms with Gasteiger partial charge >= 0.3 is 0 Å². The standard InChI is InChI=1S/C18H36N4/c1-2-3-4-5-6-7-8-9-10-11-12-13-14-15-16-17-18-19-21-22-20-18/h2-17H2,1H3,(H,19,20,21,22). The minimum Gasteiger partial charge on any atom is -0.177 e. The maximum atomic E-state index is 3.97. The van der Waals surface area contributed by atoms with Crippen molar-refractivity contribution in [2.75, 3.05) is 0 Å². The van der Waals surface area contributed by atoms with E-state index in [1.54, 1.807) is 0 Å². The fourth-order valence-corrected chi connectivity index (χ4v) is 2.94. The molecule has 0 radical (unpaired) electrons. The highest BCUT2D eigenvalue weighted by atomic mass is 15.5. The van der Waals surface area contributed by atoms with E-state index in [-0.39, 0.29) is 0 Å². The van der Waals surface area contributed by atoms with Crippen molar-refractivity contribution in [2.24, 2.45) is 0 Å². The second-order valence-corrected chi connectivity index (χ2v) is 6.53. The average Bonchev–Trinajstić information content (AvgIpc) is 3.04. The third kappa shape index (κ3) is 11.7. The number of nitrogens with one attached hydrogen (secondary N) is 1. The molecular formula is C18H36N4. The van der Waals surface area contributed by atoms with E-state index in [1.165, 1.54) is 96.3 Å². The van der Waals surface area contributed by atoms with Crippen molar-refractivity contribution in [2.45, 2.75) is 110 Å². The molecule has 0 unspecified atom stereocenters. The predicted octanol–water partition coefficient (Wildman–Crippen LogP) is 5.61. The summed E-state index contributed by atoms with van der Waals surface area (Å²) in [5.74, 6) is 0.856. The number of aromatic nitrogens is 4. The van der Waals surface area contributed by atoms with E-state index >= 15 is 0 Å². The minimum atomic E-state index is 0.856. The van der Waals surface area contributed by atoms with Gasteiger partial charge in [-0.3, -0.25) is 0 Å². The Morgan fingerprint density at radius 2 is 1.09 bits per heavy atom. The molecular weight excluding hydrogens is 272 g/mol. The molecule has 1 rings (SSSR count). The monoisotopic (exact) mass is 308 g/mol. The van der Waals surface area contributed by atoms with Gasteiger partial charge in [0.2, 0.25) is 0 Å². The number of aryl methyl sites for hydroxylation is 1. The molecule has 0 fully saturated rings. The van der Waals surface area contributed by atoms with Crippen LogP contribution in [-0.4, -0.2) is 20.6 Å². The van der Waals surface area contributed by atoms with E-state index in [0.29, 0.717) is 0 Å². The molecule has 1 aromatic rings. The van der Waals surface area contributed by atoms with Crippen LogP contribution >= 0.6 is 0 Å². The van der Waals surface area contributed by atoms with Gasteiger partial charge in [0.1, 0.15) is 0 Å². The first-order chi connectivity index (χ1) is 10.9. The zero-order valence-electron chi connectivity index (χ0n) is 14.7. The van der Waals surface area contributed by atoms with E-state index < -0.39 is 0 Å². The lowest BCUT2D eigenvalue weighted by Crippen LogP contribution is -1.89. The Labute approximate surface area is 136 Å². The van der Waals surface area contributed by atoms with Crippen molar-refractivity contribution in [1.82, 2.24) is 20.6 Å². The van der Waals surface area contributed by atoms with Gasteiger partial charge in [0, 0.05) is 6.42 Å². The highest BCUT2D eigenvalue weighted by molar-refractivity contribution is 4.74. The highest BCUT2D eigenvalue weighted by Crippen LogP contribution is 2.13. The smallest absolute Gasteiger partial charge is 0.174 e. The van der Waals surface area contributed by atoms with Crippen molar-refractivity contribution in [3.05, 3.63) is 5.82 Å². The van der Waals surface area contributed by atoms with Crippen LogP contribution in [0, 0.1) is 0 Å². The summed E-state index contributed by atoms with van der Waals surface area (Å²) in [4.78, 5) is 0. The fourth-order valence-electron chi connectivity index (χ4n) is 2.94. The van der Waals surface area contributed by atoms with Crippen LogP contribution in [0.1, 0.15) is 109 Å². The van der Waals surface area contributed by atoms with Gasteiger partial charge in [-0.15, -0.1) is 10.2 Å². The molecule has 0 saturated heterocycles. The van der Waals surface area contributed by atoms with Crippen molar-refractivity contribution in [3.63, 3.8) is 0 Å². The van der Waals surface area contributed by atoms with Crippen molar-refractivity contribution < 1.29 is 0 Å². The summed E-state index contributed by atoms with van der Waals surface area (Å²) >= 11 is 0. The Balaban J connectivity index is 1.68. The first kappa shape index (κ1) is 19.1. The van der Waals surface area contributed by atoms with Crippen molar-refractivity contribution in [3.8, 4) is 0 Å². The molecule has 0 bridgehead atoms. The van der Waals surface area contributed by atoms with Gasteiger partial charge in [-0.25, -0.2) is 0 Å². The number of nitrogens with zero attached hydrogens (tertiary/aromatic N) is 3.